The Labute approximate surface area is 127 Å². The third-order valence-electron chi connectivity index (χ3n) is 3.66. The third kappa shape index (κ3) is 3.94. The second kappa shape index (κ2) is 7.05. The highest BCUT2D eigenvalue weighted by molar-refractivity contribution is 7.10. The first kappa shape index (κ1) is 15.3. The van der Waals surface area contributed by atoms with E-state index in [1.165, 1.54) is 34.4 Å². The summed E-state index contributed by atoms with van der Waals surface area (Å²) in [6.45, 7) is 8.87. The van der Waals surface area contributed by atoms with E-state index < -0.39 is 0 Å². The minimum atomic E-state index is 0.382. The fraction of sp³-hybridized carbons (Fsp3) is 0.444. The van der Waals surface area contributed by atoms with Crippen molar-refractivity contribution in [1.29, 1.82) is 0 Å². The molecule has 0 amide bonds. The van der Waals surface area contributed by atoms with Gasteiger partial charge in [-0.2, -0.15) is 0 Å². The molecule has 1 N–H and O–H groups in total. The number of nitrogens with one attached hydrogen (secondary N) is 1. The molecule has 1 aromatic carbocycles. The van der Waals surface area contributed by atoms with Gasteiger partial charge in [0.15, 0.2) is 0 Å². The Hall–Kier alpha value is -1.12. The minimum absolute atomic E-state index is 0.382. The first-order valence-corrected chi connectivity index (χ1v) is 8.35. The lowest BCUT2D eigenvalue weighted by atomic mass is 10.0. The summed E-state index contributed by atoms with van der Waals surface area (Å²) in [6, 6.07) is 12.1. The number of benzene rings is 1. The lowest BCUT2D eigenvalue weighted by Crippen LogP contribution is -2.24. The molecule has 0 saturated carbocycles. The third-order valence-corrected chi connectivity index (χ3v) is 4.65. The van der Waals surface area contributed by atoms with Crippen molar-refractivity contribution in [2.45, 2.75) is 52.6 Å². The quantitative estimate of drug-likeness (QED) is 0.733. The fourth-order valence-corrected chi connectivity index (χ4v) is 3.57. The van der Waals surface area contributed by atoms with Gasteiger partial charge >= 0.3 is 0 Å². The van der Waals surface area contributed by atoms with Crippen LogP contribution < -0.4 is 5.32 Å². The number of hydrogen-bond donors (Lipinski definition) is 1. The van der Waals surface area contributed by atoms with Gasteiger partial charge in [0.05, 0.1) is 0 Å². The molecule has 2 aromatic rings. The first-order valence-electron chi connectivity index (χ1n) is 7.47. The van der Waals surface area contributed by atoms with Crippen molar-refractivity contribution in [2.75, 3.05) is 0 Å². The average molecular weight is 287 g/mol. The van der Waals surface area contributed by atoms with E-state index in [1.54, 1.807) is 0 Å². The Balaban J connectivity index is 2.13. The maximum atomic E-state index is 3.80. The molecule has 0 fully saturated rings. The molecule has 1 nitrogen and oxygen atoms in total. The molecular weight excluding hydrogens is 262 g/mol. The van der Waals surface area contributed by atoms with Crippen molar-refractivity contribution in [3.8, 4) is 0 Å². The summed E-state index contributed by atoms with van der Waals surface area (Å²) in [5, 5.41) is 5.97. The Morgan fingerprint density at radius 1 is 1.15 bits per heavy atom. The zero-order chi connectivity index (χ0) is 14.5. The van der Waals surface area contributed by atoms with Gasteiger partial charge in [-0.25, -0.2) is 0 Å². The summed E-state index contributed by atoms with van der Waals surface area (Å²) >= 11 is 1.85. The topological polar surface area (TPSA) is 12.0 Å². The lowest BCUT2D eigenvalue weighted by molar-refractivity contribution is 0.444. The Kier molecular flexibility index (Phi) is 5.38. The van der Waals surface area contributed by atoms with Gasteiger partial charge in [-0.1, -0.05) is 48.7 Å². The van der Waals surface area contributed by atoms with Crippen molar-refractivity contribution in [3.63, 3.8) is 0 Å². The second-order valence-electron chi connectivity index (χ2n) is 5.67. The maximum absolute atomic E-state index is 3.80. The van der Waals surface area contributed by atoms with E-state index in [0.717, 1.165) is 0 Å². The highest BCUT2D eigenvalue weighted by atomic mass is 32.1. The van der Waals surface area contributed by atoms with E-state index >= 15 is 0 Å². The molecular formula is C18H25NS. The van der Waals surface area contributed by atoms with Crippen LogP contribution in [0.3, 0.4) is 0 Å². The molecule has 0 aliphatic rings. The van der Waals surface area contributed by atoms with Crippen molar-refractivity contribution < 1.29 is 0 Å². The summed E-state index contributed by atoms with van der Waals surface area (Å²) in [7, 11) is 0. The molecule has 0 radical (unpaired) electrons. The van der Waals surface area contributed by atoms with E-state index in [1.807, 2.05) is 11.3 Å². The van der Waals surface area contributed by atoms with Crippen LogP contribution in [0.4, 0.5) is 0 Å². The predicted molar refractivity (Wildman–Crippen MR) is 89.4 cm³/mol. The number of rotatable bonds is 6. The molecule has 2 atom stereocenters. The minimum Gasteiger partial charge on any atom is -0.303 e. The van der Waals surface area contributed by atoms with Crippen LogP contribution in [-0.2, 0) is 0 Å². The predicted octanol–water partition coefficient (Wildman–Crippen LogP) is 5.56. The van der Waals surface area contributed by atoms with Crippen molar-refractivity contribution >= 4 is 11.3 Å². The van der Waals surface area contributed by atoms with Crippen LogP contribution in [0, 0.1) is 13.8 Å². The smallest absolute Gasteiger partial charge is 0.0419 e. The maximum Gasteiger partial charge on any atom is 0.0419 e. The van der Waals surface area contributed by atoms with E-state index in [9.17, 15) is 0 Å². The molecule has 1 aromatic heterocycles. The standard InChI is InChI=1S/C18H25NS/c1-5-7-17(18-8-6-9-20-18)19-15(4)16-11-13(2)10-14(3)12-16/h6,8-12,15,17,19H,5,7H2,1-4H3. The Morgan fingerprint density at radius 2 is 1.85 bits per heavy atom. The normalized spacial score (nSPS) is 14.2. The van der Waals surface area contributed by atoms with E-state index in [2.05, 4.69) is 68.7 Å². The Morgan fingerprint density at radius 3 is 2.40 bits per heavy atom. The van der Waals surface area contributed by atoms with Gasteiger partial charge < -0.3 is 5.32 Å². The monoisotopic (exact) mass is 287 g/mol. The highest BCUT2D eigenvalue weighted by Crippen LogP contribution is 2.27. The van der Waals surface area contributed by atoms with E-state index in [-0.39, 0.29) is 0 Å². The van der Waals surface area contributed by atoms with Gasteiger partial charge in [-0.3, -0.25) is 0 Å². The van der Waals surface area contributed by atoms with Crippen LogP contribution in [0.1, 0.15) is 60.3 Å². The van der Waals surface area contributed by atoms with Gasteiger partial charge in [0.1, 0.15) is 0 Å². The van der Waals surface area contributed by atoms with Gasteiger partial charge in [-0.15, -0.1) is 11.3 Å². The van der Waals surface area contributed by atoms with Gasteiger partial charge in [-0.05, 0) is 44.2 Å². The Bertz CT molecular complexity index is 510. The summed E-state index contributed by atoms with van der Waals surface area (Å²) in [6.07, 6.45) is 2.39. The fourth-order valence-electron chi connectivity index (χ4n) is 2.74. The van der Waals surface area contributed by atoms with Gasteiger partial charge in [0, 0.05) is 17.0 Å². The average Bonchev–Trinajstić information content (AvgIpc) is 2.90. The first-order chi connectivity index (χ1) is 9.60. The highest BCUT2D eigenvalue weighted by Gasteiger charge is 2.15. The SMILES string of the molecule is CCCC(NC(C)c1cc(C)cc(C)c1)c1cccs1. The molecule has 2 heteroatoms. The molecule has 1 heterocycles. The van der Waals surface area contributed by atoms with Crippen LogP contribution in [0.2, 0.25) is 0 Å². The molecule has 108 valence electrons. The molecule has 2 unspecified atom stereocenters. The zero-order valence-corrected chi connectivity index (χ0v) is 13.8. The number of aryl methyl sites for hydroxylation is 2. The zero-order valence-electron chi connectivity index (χ0n) is 12.9. The molecule has 0 bridgehead atoms. The number of hydrogen-bond acceptors (Lipinski definition) is 2. The number of thiophene rings is 1. The molecule has 20 heavy (non-hydrogen) atoms. The van der Waals surface area contributed by atoms with Gasteiger partial charge in [0.2, 0.25) is 0 Å². The summed E-state index contributed by atoms with van der Waals surface area (Å²) in [5.41, 5.74) is 4.08. The lowest BCUT2D eigenvalue weighted by Gasteiger charge is -2.23. The summed E-state index contributed by atoms with van der Waals surface area (Å²) in [5.74, 6) is 0. The summed E-state index contributed by atoms with van der Waals surface area (Å²) in [4.78, 5) is 1.45. The van der Waals surface area contributed by atoms with E-state index in [4.69, 9.17) is 0 Å². The summed E-state index contributed by atoms with van der Waals surface area (Å²) < 4.78 is 0. The van der Waals surface area contributed by atoms with Crippen molar-refractivity contribution in [1.82, 2.24) is 5.32 Å². The second-order valence-corrected chi connectivity index (χ2v) is 6.65. The van der Waals surface area contributed by atoms with Gasteiger partial charge in [0.25, 0.3) is 0 Å². The molecule has 0 saturated heterocycles. The molecule has 2 rings (SSSR count). The van der Waals surface area contributed by atoms with Crippen LogP contribution in [0.5, 0.6) is 0 Å². The van der Waals surface area contributed by atoms with E-state index in [0.29, 0.717) is 12.1 Å². The molecule has 0 aliphatic heterocycles. The van der Waals surface area contributed by atoms with Crippen LogP contribution in [-0.4, -0.2) is 0 Å². The molecule has 0 aliphatic carbocycles. The van der Waals surface area contributed by atoms with Crippen LogP contribution in [0.25, 0.3) is 0 Å². The van der Waals surface area contributed by atoms with Crippen molar-refractivity contribution in [2.24, 2.45) is 0 Å². The molecule has 0 spiro atoms. The van der Waals surface area contributed by atoms with Crippen molar-refractivity contribution in [3.05, 3.63) is 57.3 Å². The van der Waals surface area contributed by atoms with Crippen LogP contribution in [0.15, 0.2) is 35.7 Å². The van der Waals surface area contributed by atoms with Crippen LogP contribution >= 0.6 is 11.3 Å². The largest absolute Gasteiger partial charge is 0.303 e.